The maximum Gasteiger partial charge on any atom is 0.253 e. The molecule has 46 heavy (non-hydrogen) atoms. The molecular formula is C34H48N6O6. The van der Waals surface area contributed by atoms with Gasteiger partial charge in [0, 0.05) is 61.3 Å². The lowest BCUT2D eigenvalue weighted by atomic mass is 10.1. The maximum atomic E-state index is 12.3. The molecule has 0 atom stereocenters. The monoisotopic (exact) mass is 636 g/mol. The summed E-state index contributed by atoms with van der Waals surface area (Å²) in [4.78, 5) is 70.7. The van der Waals surface area contributed by atoms with E-state index in [2.05, 4.69) is 0 Å². The van der Waals surface area contributed by atoms with Crippen molar-refractivity contribution < 1.29 is 28.8 Å². The zero-order valence-electron chi connectivity index (χ0n) is 26.6. The fourth-order valence-electron chi connectivity index (χ4n) is 5.09. The molecule has 2 heterocycles. The molecule has 2 fully saturated rings. The van der Waals surface area contributed by atoms with Crippen LogP contribution < -0.4 is 22.9 Å². The Balaban J connectivity index is 0.000000252. The first kappa shape index (κ1) is 37.4. The predicted octanol–water partition coefficient (Wildman–Crippen LogP) is 3.12. The highest BCUT2D eigenvalue weighted by Gasteiger charge is 2.19. The Morgan fingerprint density at radius 1 is 0.478 bits per heavy atom. The van der Waals surface area contributed by atoms with Gasteiger partial charge in [0.05, 0.1) is 0 Å². The van der Waals surface area contributed by atoms with E-state index < -0.39 is 11.8 Å². The highest BCUT2D eigenvalue weighted by molar-refractivity contribution is 5.99. The van der Waals surface area contributed by atoms with Gasteiger partial charge in [-0.25, -0.2) is 0 Å². The van der Waals surface area contributed by atoms with Gasteiger partial charge in [-0.2, -0.15) is 0 Å². The molecule has 2 aromatic rings. The van der Waals surface area contributed by atoms with E-state index in [4.69, 9.17) is 22.9 Å². The molecule has 0 saturated carbocycles. The first-order valence-electron chi connectivity index (χ1n) is 15.9. The Labute approximate surface area is 270 Å². The zero-order chi connectivity index (χ0) is 33.9. The Bertz CT molecular complexity index is 1300. The van der Waals surface area contributed by atoms with Crippen molar-refractivity contribution in [2.24, 2.45) is 22.9 Å². The van der Waals surface area contributed by atoms with Crippen molar-refractivity contribution in [1.82, 2.24) is 9.80 Å². The lowest BCUT2D eigenvalue weighted by Gasteiger charge is -2.20. The van der Waals surface area contributed by atoms with Gasteiger partial charge in [0.15, 0.2) is 0 Å². The van der Waals surface area contributed by atoms with Crippen molar-refractivity contribution in [3.63, 3.8) is 0 Å². The second-order valence-corrected chi connectivity index (χ2v) is 11.4. The molecule has 8 N–H and O–H groups in total. The Hall–Kier alpha value is -4.74. The fourth-order valence-corrected chi connectivity index (χ4v) is 5.09. The third-order valence-electron chi connectivity index (χ3n) is 7.69. The molecule has 12 nitrogen and oxygen atoms in total. The van der Waals surface area contributed by atoms with Crippen LogP contribution in [0.4, 0.5) is 0 Å². The van der Waals surface area contributed by atoms with Crippen LogP contribution in [-0.2, 0) is 9.59 Å². The summed E-state index contributed by atoms with van der Waals surface area (Å²) < 4.78 is 0. The lowest BCUT2D eigenvalue weighted by Crippen LogP contribution is -2.32. The molecule has 0 bridgehead atoms. The normalized spacial score (nSPS) is 14.6. The van der Waals surface area contributed by atoms with E-state index in [0.29, 0.717) is 47.9 Å². The van der Waals surface area contributed by atoms with Crippen LogP contribution >= 0.6 is 0 Å². The predicted molar refractivity (Wildman–Crippen MR) is 176 cm³/mol. The van der Waals surface area contributed by atoms with Crippen molar-refractivity contribution in [2.75, 3.05) is 26.2 Å². The summed E-state index contributed by atoms with van der Waals surface area (Å²) in [6.45, 7) is 3.27. The van der Waals surface area contributed by atoms with Crippen molar-refractivity contribution in [3.8, 4) is 0 Å². The quantitative estimate of drug-likeness (QED) is 0.303. The molecule has 2 aromatic carbocycles. The molecule has 6 amide bonds. The average molecular weight is 637 g/mol. The minimum atomic E-state index is -0.500. The highest BCUT2D eigenvalue weighted by Crippen LogP contribution is 2.15. The molecular weight excluding hydrogens is 588 g/mol. The van der Waals surface area contributed by atoms with E-state index in [1.165, 1.54) is 25.7 Å². The minimum absolute atomic E-state index is 0.000000000000000444. The molecule has 250 valence electrons. The van der Waals surface area contributed by atoms with Crippen molar-refractivity contribution >= 4 is 35.4 Å². The van der Waals surface area contributed by atoms with Gasteiger partial charge in [-0.15, -0.1) is 0 Å². The van der Waals surface area contributed by atoms with Crippen LogP contribution in [0.25, 0.3) is 0 Å². The number of hydrogen-bond donors (Lipinski definition) is 4. The molecule has 0 spiro atoms. The van der Waals surface area contributed by atoms with E-state index in [-0.39, 0.29) is 23.6 Å². The molecule has 2 aliphatic rings. The highest BCUT2D eigenvalue weighted by atomic mass is 16.2. The van der Waals surface area contributed by atoms with Crippen molar-refractivity contribution in [1.29, 1.82) is 0 Å². The number of hydrogen-bond acceptors (Lipinski definition) is 6. The van der Waals surface area contributed by atoms with Gasteiger partial charge in [0.1, 0.15) is 0 Å². The van der Waals surface area contributed by atoms with E-state index in [9.17, 15) is 28.8 Å². The van der Waals surface area contributed by atoms with Gasteiger partial charge in [-0.3, -0.25) is 28.8 Å². The van der Waals surface area contributed by atoms with E-state index in [0.717, 1.165) is 51.9 Å². The lowest BCUT2D eigenvalue weighted by molar-refractivity contribution is -0.119. The Morgan fingerprint density at radius 2 is 0.848 bits per heavy atom. The van der Waals surface area contributed by atoms with Crippen LogP contribution in [0.1, 0.15) is 118 Å². The summed E-state index contributed by atoms with van der Waals surface area (Å²) in [5.41, 5.74) is 22.1. The number of likely N-dealkylation sites (tertiary alicyclic amines) is 2. The largest absolute Gasteiger partial charge is 0.370 e. The molecule has 2 saturated heterocycles. The number of nitrogens with zero attached hydrogens (tertiary/aromatic N) is 2. The number of carbonyl (C=O) groups excluding carboxylic acids is 6. The zero-order valence-corrected chi connectivity index (χ0v) is 26.6. The fraction of sp³-hybridized carbons (Fsp3) is 0.471. The Morgan fingerprint density at radius 3 is 1.24 bits per heavy atom. The van der Waals surface area contributed by atoms with Crippen LogP contribution in [0.5, 0.6) is 0 Å². The molecule has 4 rings (SSSR count). The topological polar surface area (TPSA) is 213 Å². The van der Waals surface area contributed by atoms with Gasteiger partial charge in [-0.1, -0.05) is 31.7 Å². The first-order valence-corrected chi connectivity index (χ1v) is 15.9. The summed E-state index contributed by atoms with van der Waals surface area (Å²) in [5.74, 6) is -1.58. The van der Waals surface area contributed by atoms with Crippen LogP contribution in [0.2, 0.25) is 0 Å². The van der Waals surface area contributed by atoms with E-state index in [1.807, 2.05) is 9.80 Å². The second-order valence-electron chi connectivity index (χ2n) is 11.4. The van der Waals surface area contributed by atoms with Gasteiger partial charge in [-0.05, 0) is 81.0 Å². The number of carbonyl (C=O) groups is 6. The van der Waals surface area contributed by atoms with Gasteiger partial charge >= 0.3 is 0 Å². The molecule has 0 unspecified atom stereocenters. The molecule has 0 radical (unpaired) electrons. The van der Waals surface area contributed by atoms with Gasteiger partial charge in [0.25, 0.3) is 11.8 Å². The van der Waals surface area contributed by atoms with E-state index >= 15 is 0 Å². The smallest absolute Gasteiger partial charge is 0.253 e. The average Bonchev–Trinajstić information content (AvgIpc) is 3.49. The molecule has 2 aliphatic heterocycles. The van der Waals surface area contributed by atoms with Crippen LogP contribution in [0.15, 0.2) is 48.5 Å². The van der Waals surface area contributed by atoms with Crippen LogP contribution in [0, 0.1) is 0 Å². The minimum Gasteiger partial charge on any atom is -0.370 e. The Kier molecular flexibility index (Phi) is 16.5. The molecule has 12 heteroatoms. The van der Waals surface area contributed by atoms with Crippen LogP contribution in [-0.4, -0.2) is 71.4 Å². The third-order valence-corrected chi connectivity index (χ3v) is 7.69. The number of rotatable bonds is 9. The molecule has 0 aromatic heterocycles. The maximum absolute atomic E-state index is 12.3. The first-order chi connectivity index (χ1) is 22.0. The third kappa shape index (κ3) is 13.9. The summed E-state index contributed by atoms with van der Waals surface area (Å²) in [5, 5.41) is 0. The standard InChI is InChI=1S/2C14H18N2O2.C6H12N2O2/c15-13(17)11-5-7-12(8-6-11)14(18)16-9-3-1-2-4-10-16;15-13(17)11-6-5-7-12(10-11)14(18)16-8-3-1-2-4-9-16;7-5(9)3-1-2-4-6(8)10/h5-8H,1-4,9-10H2,(H2,15,17);5-7,10H,1-4,8-9H2,(H2,15,17);1-4H2,(H2,7,9)(H2,8,10). The van der Waals surface area contributed by atoms with Crippen LogP contribution in [0.3, 0.4) is 0 Å². The van der Waals surface area contributed by atoms with Crippen molar-refractivity contribution in [2.45, 2.75) is 77.0 Å². The van der Waals surface area contributed by atoms with Gasteiger partial charge in [0.2, 0.25) is 23.6 Å². The number of nitrogens with two attached hydrogens (primary N) is 4. The SMILES string of the molecule is NC(=O)CCCCC(N)=O.NC(=O)c1ccc(C(=O)N2CCCCCC2)cc1.NC(=O)c1cccc(C(=O)N2CCCCCC2)c1. The van der Waals surface area contributed by atoms with Gasteiger partial charge < -0.3 is 32.7 Å². The number of unbranched alkanes of at least 4 members (excludes halogenated alkanes) is 1. The van der Waals surface area contributed by atoms with E-state index in [1.54, 1.807) is 48.5 Å². The number of primary amides is 4. The molecule has 0 aliphatic carbocycles. The summed E-state index contributed by atoms with van der Waals surface area (Å²) in [6.07, 6.45) is 11.0. The second kappa shape index (κ2) is 20.3. The summed E-state index contributed by atoms with van der Waals surface area (Å²) >= 11 is 0. The number of amides is 6. The van der Waals surface area contributed by atoms with Crippen molar-refractivity contribution in [3.05, 3.63) is 70.8 Å². The summed E-state index contributed by atoms with van der Waals surface area (Å²) in [6, 6.07) is 13.2. The summed E-state index contributed by atoms with van der Waals surface area (Å²) in [7, 11) is 0. The number of benzene rings is 2.